The van der Waals surface area contributed by atoms with Crippen LogP contribution in [0.25, 0.3) is 0 Å². The molecule has 0 aromatic heterocycles. The van der Waals surface area contributed by atoms with Gasteiger partial charge >= 0.3 is 5.97 Å². The Hall–Kier alpha value is -0.610. The topological polar surface area (TPSA) is 44.8 Å². The van der Waals surface area contributed by atoms with Gasteiger partial charge in [-0.15, -0.1) is 0 Å². The monoisotopic (exact) mass is 216 g/mol. The number of esters is 1. The van der Waals surface area contributed by atoms with Gasteiger partial charge in [0.05, 0.1) is 19.6 Å². The molecule has 88 valence electrons. The quantitative estimate of drug-likeness (QED) is 0.658. The lowest BCUT2D eigenvalue weighted by atomic mass is 10.2. The first-order valence-corrected chi connectivity index (χ1v) is 5.60. The molecule has 0 N–H and O–H groups in total. The van der Waals surface area contributed by atoms with Crippen LogP contribution in [0.4, 0.5) is 0 Å². The zero-order valence-corrected chi connectivity index (χ0v) is 9.53. The zero-order valence-electron chi connectivity index (χ0n) is 9.53. The molecular weight excluding hydrogens is 196 g/mol. The average molecular weight is 216 g/mol. The fourth-order valence-electron chi connectivity index (χ4n) is 1.59. The average Bonchev–Trinajstić information content (AvgIpc) is 2.29. The predicted octanol–water partition coefficient (Wildman–Crippen LogP) is 1.87. The van der Waals surface area contributed by atoms with Crippen LogP contribution >= 0.6 is 0 Å². The van der Waals surface area contributed by atoms with Gasteiger partial charge < -0.3 is 14.2 Å². The molecule has 0 aliphatic carbocycles. The lowest BCUT2D eigenvalue weighted by molar-refractivity contribution is -0.192. The third-order valence-corrected chi connectivity index (χ3v) is 2.56. The van der Waals surface area contributed by atoms with Gasteiger partial charge in [-0.1, -0.05) is 6.92 Å². The minimum Gasteiger partial charge on any atom is -0.469 e. The van der Waals surface area contributed by atoms with Crippen molar-refractivity contribution < 1.29 is 19.0 Å². The molecule has 0 amide bonds. The van der Waals surface area contributed by atoms with Crippen LogP contribution in [0.1, 0.15) is 39.0 Å². The first-order chi connectivity index (χ1) is 7.26. The second-order valence-corrected chi connectivity index (χ2v) is 3.74. The third-order valence-electron chi connectivity index (χ3n) is 2.56. The van der Waals surface area contributed by atoms with E-state index in [0.717, 1.165) is 32.3 Å². The van der Waals surface area contributed by atoms with Crippen LogP contribution in [0.2, 0.25) is 0 Å². The molecule has 1 aliphatic heterocycles. The Balaban J connectivity index is 2.28. The van der Waals surface area contributed by atoms with Crippen LogP contribution in [-0.2, 0) is 19.0 Å². The van der Waals surface area contributed by atoms with Crippen molar-refractivity contribution in [2.45, 2.75) is 51.4 Å². The number of carbonyl (C=O) groups excluding carboxylic acids is 1. The maximum absolute atomic E-state index is 11.1. The number of hydrogen-bond donors (Lipinski definition) is 0. The minimum absolute atomic E-state index is 0.0828. The van der Waals surface area contributed by atoms with E-state index in [4.69, 9.17) is 9.47 Å². The molecule has 0 aromatic carbocycles. The summed E-state index contributed by atoms with van der Waals surface area (Å²) in [6.07, 6.45) is 4.07. The van der Waals surface area contributed by atoms with E-state index in [-0.39, 0.29) is 18.4 Å². The molecule has 0 spiro atoms. The molecular formula is C11H20O4. The van der Waals surface area contributed by atoms with Gasteiger partial charge in [0.15, 0.2) is 6.29 Å². The molecule has 1 rings (SSSR count). The normalized spacial score (nSPS) is 23.5. The Kier molecular flexibility index (Phi) is 5.65. The highest BCUT2D eigenvalue weighted by molar-refractivity contribution is 5.69. The summed E-state index contributed by atoms with van der Waals surface area (Å²) in [7, 11) is 1.40. The SMILES string of the molecule is CC[C@H](CC(=O)OC)OC1CCCCO1. The molecule has 4 nitrogen and oxygen atoms in total. The summed E-state index contributed by atoms with van der Waals surface area (Å²) < 4.78 is 15.8. The van der Waals surface area contributed by atoms with Crippen molar-refractivity contribution in [1.82, 2.24) is 0 Å². The maximum Gasteiger partial charge on any atom is 0.308 e. The molecule has 4 heteroatoms. The third kappa shape index (κ3) is 4.62. The Morgan fingerprint density at radius 3 is 2.87 bits per heavy atom. The highest BCUT2D eigenvalue weighted by Gasteiger charge is 2.20. The van der Waals surface area contributed by atoms with E-state index < -0.39 is 0 Å². The molecule has 0 saturated carbocycles. The molecule has 1 heterocycles. The summed E-state index contributed by atoms with van der Waals surface area (Å²) in [6.45, 7) is 2.76. The van der Waals surface area contributed by atoms with Gasteiger partial charge in [0, 0.05) is 6.61 Å². The predicted molar refractivity (Wildman–Crippen MR) is 55.4 cm³/mol. The number of carbonyl (C=O) groups is 1. The van der Waals surface area contributed by atoms with E-state index in [1.165, 1.54) is 7.11 Å². The van der Waals surface area contributed by atoms with Crippen molar-refractivity contribution in [3.05, 3.63) is 0 Å². The van der Waals surface area contributed by atoms with E-state index >= 15 is 0 Å². The second-order valence-electron chi connectivity index (χ2n) is 3.74. The Morgan fingerprint density at radius 2 is 2.33 bits per heavy atom. The fourth-order valence-corrected chi connectivity index (χ4v) is 1.59. The highest BCUT2D eigenvalue weighted by atomic mass is 16.7. The molecule has 1 saturated heterocycles. The van der Waals surface area contributed by atoms with Crippen LogP contribution in [0.15, 0.2) is 0 Å². The van der Waals surface area contributed by atoms with Gasteiger partial charge in [-0.25, -0.2) is 0 Å². The summed E-state index contributed by atoms with van der Waals surface area (Å²) in [5.74, 6) is -0.224. The van der Waals surface area contributed by atoms with Crippen molar-refractivity contribution in [2.75, 3.05) is 13.7 Å². The van der Waals surface area contributed by atoms with Crippen LogP contribution < -0.4 is 0 Å². The van der Waals surface area contributed by atoms with Crippen molar-refractivity contribution in [2.24, 2.45) is 0 Å². The van der Waals surface area contributed by atoms with Gasteiger partial charge in [-0.2, -0.15) is 0 Å². The number of methoxy groups -OCH3 is 1. The van der Waals surface area contributed by atoms with Crippen LogP contribution in [0.3, 0.4) is 0 Å². The highest BCUT2D eigenvalue weighted by Crippen LogP contribution is 2.18. The van der Waals surface area contributed by atoms with Crippen molar-refractivity contribution in [3.8, 4) is 0 Å². The summed E-state index contributed by atoms with van der Waals surface area (Å²) >= 11 is 0. The molecule has 1 fully saturated rings. The lowest BCUT2D eigenvalue weighted by Gasteiger charge is -2.26. The molecule has 2 atom stereocenters. The standard InChI is InChI=1S/C11H20O4/c1-3-9(8-10(12)13-2)15-11-6-4-5-7-14-11/h9,11H,3-8H2,1-2H3/t9-,11?/m1/s1. The lowest BCUT2D eigenvalue weighted by Crippen LogP contribution is -2.29. The maximum atomic E-state index is 11.1. The van der Waals surface area contributed by atoms with Gasteiger partial charge in [0.2, 0.25) is 0 Å². The van der Waals surface area contributed by atoms with Gasteiger partial charge in [0.1, 0.15) is 0 Å². The van der Waals surface area contributed by atoms with Gasteiger partial charge in [-0.05, 0) is 25.7 Å². The molecule has 15 heavy (non-hydrogen) atoms. The summed E-state index contributed by atoms with van der Waals surface area (Å²) in [4.78, 5) is 11.1. The minimum atomic E-state index is -0.224. The Bertz CT molecular complexity index is 187. The van der Waals surface area contributed by atoms with Crippen LogP contribution in [-0.4, -0.2) is 32.1 Å². The zero-order chi connectivity index (χ0) is 11.1. The second kappa shape index (κ2) is 6.80. The first kappa shape index (κ1) is 12.5. The van der Waals surface area contributed by atoms with Crippen molar-refractivity contribution >= 4 is 5.97 Å². The van der Waals surface area contributed by atoms with Crippen LogP contribution in [0.5, 0.6) is 0 Å². The Labute approximate surface area is 90.9 Å². The largest absolute Gasteiger partial charge is 0.469 e. The van der Waals surface area contributed by atoms with E-state index in [9.17, 15) is 4.79 Å². The van der Waals surface area contributed by atoms with E-state index in [2.05, 4.69) is 4.74 Å². The summed E-state index contributed by atoms with van der Waals surface area (Å²) in [5, 5.41) is 0. The molecule has 0 aromatic rings. The Morgan fingerprint density at radius 1 is 1.53 bits per heavy atom. The van der Waals surface area contributed by atoms with E-state index in [1.54, 1.807) is 0 Å². The molecule has 1 aliphatic rings. The van der Waals surface area contributed by atoms with Gasteiger partial charge in [-0.3, -0.25) is 4.79 Å². The fraction of sp³-hybridized carbons (Fsp3) is 0.909. The molecule has 0 radical (unpaired) electrons. The number of rotatable bonds is 5. The van der Waals surface area contributed by atoms with E-state index in [0.29, 0.717) is 6.42 Å². The van der Waals surface area contributed by atoms with Crippen molar-refractivity contribution in [3.63, 3.8) is 0 Å². The van der Waals surface area contributed by atoms with Crippen LogP contribution in [0, 0.1) is 0 Å². The van der Waals surface area contributed by atoms with Crippen molar-refractivity contribution in [1.29, 1.82) is 0 Å². The summed E-state index contributed by atoms with van der Waals surface area (Å²) in [5.41, 5.74) is 0. The van der Waals surface area contributed by atoms with Gasteiger partial charge in [0.25, 0.3) is 0 Å². The molecule has 1 unspecified atom stereocenters. The first-order valence-electron chi connectivity index (χ1n) is 5.60. The molecule has 0 bridgehead atoms. The number of ether oxygens (including phenoxy) is 3. The summed E-state index contributed by atoms with van der Waals surface area (Å²) in [6, 6.07) is 0. The number of hydrogen-bond acceptors (Lipinski definition) is 4. The smallest absolute Gasteiger partial charge is 0.308 e. The van der Waals surface area contributed by atoms with E-state index in [1.807, 2.05) is 6.92 Å².